The van der Waals surface area contributed by atoms with E-state index in [-0.39, 0.29) is 17.7 Å². The van der Waals surface area contributed by atoms with Gasteiger partial charge in [0.1, 0.15) is 5.01 Å². The first-order valence-electron chi connectivity index (χ1n) is 10.1. The first kappa shape index (κ1) is 20.2. The molecule has 154 valence electrons. The molecule has 1 aliphatic heterocycles. The largest absolute Gasteiger partial charge is 0.338 e. The lowest BCUT2D eigenvalue weighted by Gasteiger charge is -2.31. The van der Waals surface area contributed by atoms with Crippen LogP contribution in [0.25, 0.3) is 0 Å². The van der Waals surface area contributed by atoms with Crippen LogP contribution in [-0.4, -0.2) is 40.0 Å². The number of carbonyl (C=O) groups is 2. The third-order valence-corrected chi connectivity index (χ3v) is 6.44. The molecule has 4 rings (SSSR count). The Morgan fingerprint density at radius 3 is 2.73 bits per heavy atom. The molecule has 1 aliphatic rings. The lowest BCUT2D eigenvalue weighted by molar-refractivity contribution is 0.0706. The molecular weight excluding hydrogens is 396 g/mol. The minimum absolute atomic E-state index is 0.0467. The number of aryl methyl sites for hydroxylation is 2. The molecule has 1 N–H and O–H groups in total. The molecule has 1 saturated heterocycles. The quantitative estimate of drug-likeness (QED) is 0.678. The second-order valence-corrected chi connectivity index (χ2v) is 8.68. The van der Waals surface area contributed by atoms with Crippen LogP contribution >= 0.6 is 11.3 Å². The Morgan fingerprint density at radius 2 is 1.93 bits per heavy atom. The number of para-hydroxylation sites is 1. The van der Waals surface area contributed by atoms with Crippen LogP contribution in [0.4, 0.5) is 5.69 Å². The van der Waals surface area contributed by atoms with Gasteiger partial charge < -0.3 is 10.2 Å². The Hall–Kier alpha value is -3.06. The van der Waals surface area contributed by atoms with Gasteiger partial charge in [0.15, 0.2) is 0 Å². The second kappa shape index (κ2) is 8.75. The standard InChI is InChI=1S/C23H24N4O2S/c1-15-7-5-9-17(13-15)23(29)27-12-6-10-18(14-27)21-25-26-22(30-21)20(28)24-19-11-4-3-8-16(19)2/h3-5,7-9,11,13,18H,6,10,12,14H2,1-2H3,(H,24,28). The molecule has 1 aromatic heterocycles. The van der Waals surface area contributed by atoms with Gasteiger partial charge in [-0.3, -0.25) is 9.59 Å². The van der Waals surface area contributed by atoms with E-state index >= 15 is 0 Å². The van der Waals surface area contributed by atoms with Crippen molar-refractivity contribution in [3.63, 3.8) is 0 Å². The number of anilines is 1. The summed E-state index contributed by atoms with van der Waals surface area (Å²) in [5.74, 6) is -0.105. The predicted octanol–water partition coefficient (Wildman–Crippen LogP) is 4.43. The smallest absolute Gasteiger partial charge is 0.286 e. The van der Waals surface area contributed by atoms with Crippen molar-refractivity contribution in [3.8, 4) is 0 Å². The fraction of sp³-hybridized carbons (Fsp3) is 0.304. The summed E-state index contributed by atoms with van der Waals surface area (Å²) in [5, 5.41) is 12.4. The number of aromatic nitrogens is 2. The monoisotopic (exact) mass is 420 g/mol. The van der Waals surface area contributed by atoms with E-state index < -0.39 is 0 Å². The van der Waals surface area contributed by atoms with E-state index in [0.717, 1.165) is 41.2 Å². The molecule has 1 unspecified atom stereocenters. The fourth-order valence-electron chi connectivity index (χ4n) is 3.70. The van der Waals surface area contributed by atoms with Crippen molar-refractivity contribution >= 4 is 28.8 Å². The Balaban J connectivity index is 1.44. The highest BCUT2D eigenvalue weighted by Crippen LogP contribution is 2.30. The van der Waals surface area contributed by atoms with Crippen LogP contribution in [0.5, 0.6) is 0 Å². The maximum Gasteiger partial charge on any atom is 0.286 e. The topological polar surface area (TPSA) is 75.2 Å². The normalized spacial score (nSPS) is 16.3. The fourth-order valence-corrected chi connectivity index (χ4v) is 4.57. The van der Waals surface area contributed by atoms with E-state index in [1.807, 2.05) is 67.3 Å². The van der Waals surface area contributed by atoms with Crippen molar-refractivity contribution in [1.82, 2.24) is 15.1 Å². The average Bonchev–Trinajstić information content (AvgIpc) is 3.25. The number of likely N-dealkylation sites (tertiary alicyclic amines) is 1. The van der Waals surface area contributed by atoms with Gasteiger partial charge in [-0.1, -0.05) is 47.2 Å². The van der Waals surface area contributed by atoms with Crippen LogP contribution in [0.15, 0.2) is 48.5 Å². The second-order valence-electron chi connectivity index (χ2n) is 7.67. The Bertz CT molecular complexity index is 1080. The molecule has 2 amide bonds. The third kappa shape index (κ3) is 4.41. The zero-order valence-corrected chi connectivity index (χ0v) is 17.9. The van der Waals surface area contributed by atoms with Crippen LogP contribution in [0.2, 0.25) is 0 Å². The van der Waals surface area contributed by atoms with Gasteiger partial charge in [-0.15, -0.1) is 10.2 Å². The molecule has 0 bridgehead atoms. The van der Waals surface area contributed by atoms with Gasteiger partial charge in [0.2, 0.25) is 5.01 Å². The molecule has 30 heavy (non-hydrogen) atoms. The van der Waals surface area contributed by atoms with Crippen molar-refractivity contribution in [2.45, 2.75) is 32.6 Å². The molecule has 0 spiro atoms. The van der Waals surface area contributed by atoms with Gasteiger partial charge in [0, 0.05) is 30.3 Å². The molecule has 6 nitrogen and oxygen atoms in total. The van der Waals surface area contributed by atoms with Gasteiger partial charge in [0.25, 0.3) is 11.8 Å². The Labute approximate surface area is 180 Å². The summed E-state index contributed by atoms with van der Waals surface area (Å²) < 4.78 is 0. The van der Waals surface area contributed by atoms with Gasteiger partial charge in [-0.25, -0.2) is 0 Å². The molecule has 1 atom stereocenters. The molecule has 2 aromatic carbocycles. The first-order valence-corrected chi connectivity index (χ1v) is 10.9. The minimum atomic E-state index is -0.253. The molecule has 3 aromatic rings. The minimum Gasteiger partial charge on any atom is -0.338 e. The maximum absolute atomic E-state index is 12.9. The number of rotatable bonds is 4. The third-order valence-electron chi connectivity index (χ3n) is 5.35. The van der Waals surface area contributed by atoms with E-state index in [4.69, 9.17) is 0 Å². The number of carbonyl (C=O) groups excluding carboxylic acids is 2. The van der Waals surface area contributed by atoms with E-state index in [2.05, 4.69) is 15.5 Å². The Kier molecular flexibility index (Phi) is 5.90. The van der Waals surface area contributed by atoms with Crippen LogP contribution < -0.4 is 5.32 Å². The number of benzene rings is 2. The summed E-state index contributed by atoms with van der Waals surface area (Å²) >= 11 is 1.31. The van der Waals surface area contributed by atoms with Crippen LogP contribution in [0.3, 0.4) is 0 Å². The summed E-state index contributed by atoms with van der Waals surface area (Å²) in [7, 11) is 0. The van der Waals surface area contributed by atoms with Crippen LogP contribution in [0, 0.1) is 13.8 Å². The van der Waals surface area contributed by atoms with Crippen molar-refractivity contribution < 1.29 is 9.59 Å². The molecule has 1 fully saturated rings. The highest BCUT2D eigenvalue weighted by Gasteiger charge is 2.28. The lowest BCUT2D eigenvalue weighted by atomic mass is 9.98. The molecule has 0 aliphatic carbocycles. The van der Waals surface area contributed by atoms with Gasteiger partial charge in [0.05, 0.1) is 0 Å². The predicted molar refractivity (Wildman–Crippen MR) is 118 cm³/mol. The first-order chi connectivity index (χ1) is 14.5. The summed E-state index contributed by atoms with van der Waals surface area (Å²) in [6.45, 7) is 5.27. The molecule has 7 heteroatoms. The number of hydrogen-bond donors (Lipinski definition) is 1. The molecular formula is C23H24N4O2S. The zero-order chi connectivity index (χ0) is 21.1. The highest BCUT2D eigenvalue weighted by molar-refractivity contribution is 7.13. The van der Waals surface area contributed by atoms with Crippen molar-refractivity contribution in [2.75, 3.05) is 18.4 Å². The van der Waals surface area contributed by atoms with E-state index in [1.54, 1.807) is 0 Å². The number of piperidine rings is 1. The van der Waals surface area contributed by atoms with Crippen LogP contribution in [0.1, 0.15) is 55.1 Å². The molecule has 0 saturated carbocycles. The van der Waals surface area contributed by atoms with Gasteiger partial charge in [-0.05, 0) is 50.5 Å². The van der Waals surface area contributed by atoms with Crippen LogP contribution in [-0.2, 0) is 0 Å². The van der Waals surface area contributed by atoms with E-state index in [0.29, 0.717) is 17.1 Å². The molecule has 2 heterocycles. The SMILES string of the molecule is Cc1cccc(C(=O)N2CCCC(c3nnc(C(=O)Nc4ccccc4C)s3)C2)c1. The average molecular weight is 421 g/mol. The van der Waals surface area contributed by atoms with Crippen molar-refractivity contribution in [1.29, 1.82) is 0 Å². The zero-order valence-electron chi connectivity index (χ0n) is 17.1. The highest BCUT2D eigenvalue weighted by atomic mass is 32.1. The Morgan fingerprint density at radius 1 is 1.10 bits per heavy atom. The summed E-state index contributed by atoms with van der Waals surface area (Å²) in [5.41, 5.74) is 3.55. The lowest BCUT2D eigenvalue weighted by Crippen LogP contribution is -2.39. The molecule has 0 radical (unpaired) electrons. The summed E-state index contributed by atoms with van der Waals surface area (Å²) in [4.78, 5) is 27.4. The van der Waals surface area contributed by atoms with Gasteiger partial charge in [-0.2, -0.15) is 0 Å². The van der Waals surface area contributed by atoms with E-state index in [9.17, 15) is 9.59 Å². The van der Waals surface area contributed by atoms with E-state index in [1.165, 1.54) is 11.3 Å². The van der Waals surface area contributed by atoms with Crippen molar-refractivity contribution in [3.05, 3.63) is 75.2 Å². The number of hydrogen-bond acceptors (Lipinski definition) is 5. The number of nitrogens with zero attached hydrogens (tertiary/aromatic N) is 3. The van der Waals surface area contributed by atoms with Gasteiger partial charge >= 0.3 is 0 Å². The number of nitrogens with one attached hydrogen (secondary N) is 1. The maximum atomic E-state index is 12.9. The number of amides is 2. The summed E-state index contributed by atoms with van der Waals surface area (Å²) in [6, 6.07) is 15.3. The van der Waals surface area contributed by atoms with Crippen molar-refractivity contribution in [2.24, 2.45) is 0 Å². The summed E-state index contributed by atoms with van der Waals surface area (Å²) in [6.07, 6.45) is 1.85.